The third-order valence-electron chi connectivity index (χ3n) is 2.60. The van der Waals surface area contributed by atoms with Crippen LogP contribution < -0.4 is 4.90 Å². The topological polar surface area (TPSA) is 42.4 Å². The van der Waals surface area contributed by atoms with E-state index < -0.39 is 0 Å². The van der Waals surface area contributed by atoms with Gasteiger partial charge in [0.1, 0.15) is 0 Å². The Kier molecular flexibility index (Phi) is 3.56. The van der Waals surface area contributed by atoms with Crippen LogP contribution in [0.3, 0.4) is 0 Å². The van der Waals surface area contributed by atoms with Crippen molar-refractivity contribution in [2.45, 2.75) is 20.3 Å². The second kappa shape index (κ2) is 4.93. The number of aryl methyl sites for hydroxylation is 1. The Bertz CT molecular complexity index is 381. The molecule has 1 saturated heterocycles. The van der Waals surface area contributed by atoms with Crippen molar-refractivity contribution in [3.05, 3.63) is 10.6 Å². The van der Waals surface area contributed by atoms with E-state index in [-0.39, 0.29) is 5.78 Å². The number of carbonyl (C=O) groups is 1. The molecule has 0 amide bonds. The van der Waals surface area contributed by atoms with Gasteiger partial charge in [-0.1, -0.05) is 11.3 Å². The molecule has 0 aliphatic carbocycles. The normalized spacial score (nSPS) is 17.2. The molecule has 0 radical (unpaired) electrons. The van der Waals surface area contributed by atoms with Gasteiger partial charge in [0.2, 0.25) is 0 Å². The van der Waals surface area contributed by atoms with Gasteiger partial charge in [0, 0.05) is 26.6 Å². The molecule has 88 valence electrons. The van der Waals surface area contributed by atoms with E-state index in [1.807, 2.05) is 6.92 Å². The SMILES string of the molecule is CC(=O)c1sc(N2CCCOCC2)nc1C. The molecule has 1 aliphatic heterocycles. The number of thiazole rings is 1. The minimum Gasteiger partial charge on any atom is -0.380 e. The van der Waals surface area contributed by atoms with E-state index in [1.54, 1.807) is 6.92 Å². The maximum absolute atomic E-state index is 11.4. The van der Waals surface area contributed by atoms with Gasteiger partial charge in [-0.3, -0.25) is 4.79 Å². The lowest BCUT2D eigenvalue weighted by atomic mass is 10.3. The van der Waals surface area contributed by atoms with Gasteiger partial charge in [0.25, 0.3) is 0 Å². The van der Waals surface area contributed by atoms with Gasteiger partial charge >= 0.3 is 0 Å². The summed E-state index contributed by atoms with van der Waals surface area (Å²) in [5, 5.41) is 0.952. The second-order valence-corrected chi connectivity index (χ2v) is 4.90. The predicted molar refractivity (Wildman–Crippen MR) is 64.5 cm³/mol. The van der Waals surface area contributed by atoms with Crippen LogP contribution in [-0.4, -0.2) is 37.1 Å². The van der Waals surface area contributed by atoms with Gasteiger partial charge in [-0.2, -0.15) is 0 Å². The first-order chi connectivity index (χ1) is 7.68. The number of aromatic nitrogens is 1. The van der Waals surface area contributed by atoms with Crippen LogP contribution in [0.15, 0.2) is 0 Å². The molecule has 2 heterocycles. The minimum atomic E-state index is 0.104. The highest BCUT2D eigenvalue weighted by Crippen LogP contribution is 2.26. The van der Waals surface area contributed by atoms with Gasteiger partial charge in [-0.15, -0.1) is 0 Å². The molecule has 0 spiro atoms. The van der Waals surface area contributed by atoms with Crippen molar-refractivity contribution in [3.63, 3.8) is 0 Å². The Hall–Kier alpha value is -0.940. The van der Waals surface area contributed by atoms with Crippen LogP contribution in [-0.2, 0) is 4.74 Å². The van der Waals surface area contributed by atoms with Gasteiger partial charge in [0.15, 0.2) is 10.9 Å². The summed E-state index contributed by atoms with van der Waals surface area (Å²) in [4.78, 5) is 18.8. The molecule has 0 saturated carbocycles. The molecule has 1 aromatic heterocycles. The average Bonchev–Trinajstić information content (AvgIpc) is 2.50. The molecular weight excluding hydrogens is 224 g/mol. The van der Waals surface area contributed by atoms with Gasteiger partial charge in [-0.25, -0.2) is 4.98 Å². The number of carbonyl (C=O) groups excluding carboxylic acids is 1. The van der Waals surface area contributed by atoms with E-state index >= 15 is 0 Å². The molecule has 1 fully saturated rings. The fraction of sp³-hybridized carbons (Fsp3) is 0.636. The van der Waals surface area contributed by atoms with Crippen molar-refractivity contribution >= 4 is 22.3 Å². The van der Waals surface area contributed by atoms with Gasteiger partial charge in [-0.05, 0) is 13.3 Å². The Morgan fingerprint density at radius 1 is 1.44 bits per heavy atom. The number of hydrogen-bond donors (Lipinski definition) is 0. The first-order valence-corrected chi connectivity index (χ1v) is 6.31. The number of hydrogen-bond acceptors (Lipinski definition) is 5. The summed E-state index contributed by atoms with van der Waals surface area (Å²) in [6, 6.07) is 0. The zero-order valence-corrected chi connectivity index (χ0v) is 10.5. The molecule has 0 atom stereocenters. The Morgan fingerprint density at radius 3 is 2.94 bits per heavy atom. The van der Waals surface area contributed by atoms with E-state index in [2.05, 4.69) is 9.88 Å². The fourth-order valence-corrected chi connectivity index (χ4v) is 2.80. The molecule has 2 rings (SSSR count). The van der Waals surface area contributed by atoms with Crippen molar-refractivity contribution in [2.24, 2.45) is 0 Å². The third-order valence-corrected chi connectivity index (χ3v) is 3.92. The largest absolute Gasteiger partial charge is 0.380 e. The number of ketones is 1. The van der Waals surface area contributed by atoms with Crippen molar-refractivity contribution in [3.8, 4) is 0 Å². The van der Waals surface area contributed by atoms with Crippen molar-refractivity contribution in [1.29, 1.82) is 0 Å². The molecule has 5 heteroatoms. The highest BCUT2D eigenvalue weighted by atomic mass is 32.1. The number of ether oxygens (including phenoxy) is 1. The van der Waals surface area contributed by atoms with Crippen LogP contribution in [0.25, 0.3) is 0 Å². The Balaban J connectivity index is 2.19. The molecule has 16 heavy (non-hydrogen) atoms. The third kappa shape index (κ3) is 2.41. The van der Waals surface area contributed by atoms with Crippen LogP contribution in [0.2, 0.25) is 0 Å². The lowest BCUT2D eigenvalue weighted by Crippen LogP contribution is -2.25. The van der Waals surface area contributed by atoms with Crippen molar-refractivity contribution < 1.29 is 9.53 Å². The van der Waals surface area contributed by atoms with Gasteiger partial charge in [0.05, 0.1) is 17.2 Å². The second-order valence-electron chi connectivity index (χ2n) is 3.92. The molecule has 1 aliphatic rings. The monoisotopic (exact) mass is 240 g/mol. The van der Waals surface area contributed by atoms with Crippen LogP contribution in [0.5, 0.6) is 0 Å². The zero-order valence-electron chi connectivity index (χ0n) is 9.65. The molecule has 4 nitrogen and oxygen atoms in total. The van der Waals surface area contributed by atoms with E-state index in [1.165, 1.54) is 11.3 Å². The zero-order chi connectivity index (χ0) is 11.5. The number of nitrogens with zero attached hydrogens (tertiary/aromatic N) is 2. The fourth-order valence-electron chi connectivity index (χ4n) is 1.78. The average molecular weight is 240 g/mol. The summed E-state index contributed by atoms with van der Waals surface area (Å²) in [7, 11) is 0. The first kappa shape index (κ1) is 11.5. The Morgan fingerprint density at radius 2 is 2.25 bits per heavy atom. The van der Waals surface area contributed by atoms with E-state index in [0.717, 1.165) is 48.4 Å². The van der Waals surface area contributed by atoms with Crippen LogP contribution in [0, 0.1) is 6.92 Å². The van der Waals surface area contributed by atoms with E-state index in [0.29, 0.717) is 0 Å². The molecule has 0 bridgehead atoms. The lowest BCUT2D eigenvalue weighted by Gasteiger charge is -2.17. The molecule has 0 N–H and O–H groups in total. The standard InChI is InChI=1S/C11H16N2O2S/c1-8-10(9(2)14)16-11(12-8)13-4-3-6-15-7-5-13/h3-7H2,1-2H3. The number of anilines is 1. The molecule has 0 aromatic carbocycles. The first-order valence-electron chi connectivity index (χ1n) is 5.49. The summed E-state index contributed by atoms with van der Waals surface area (Å²) in [6.07, 6.45) is 1.02. The van der Waals surface area contributed by atoms with Gasteiger partial charge < -0.3 is 9.64 Å². The smallest absolute Gasteiger partial charge is 0.186 e. The van der Waals surface area contributed by atoms with E-state index in [9.17, 15) is 4.79 Å². The van der Waals surface area contributed by atoms with Crippen LogP contribution >= 0.6 is 11.3 Å². The number of Topliss-reactive ketones (excluding diaryl/α,β-unsaturated/α-hetero) is 1. The van der Waals surface area contributed by atoms with Crippen molar-refractivity contribution in [1.82, 2.24) is 4.98 Å². The summed E-state index contributed by atoms with van der Waals surface area (Å²) in [6.45, 7) is 6.88. The Labute approximate surface area is 99.2 Å². The molecule has 1 aromatic rings. The van der Waals surface area contributed by atoms with E-state index in [4.69, 9.17) is 4.74 Å². The highest BCUT2D eigenvalue weighted by molar-refractivity contribution is 7.17. The summed E-state index contributed by atoms with van der Waals surface area (Å²) < 4.78 is 5.40. The van der Waals surface area contributed by atoms with Crippen LogP contribution in [0.1, 0.15) is 28.7 Å². The van der Waals surface area contributed by atoms with Crippen molar-refractivity contribution in [2.75, 3.05) is 31.2 Å². The summed E-state index contributed by atoms with van der Waals surface area (Å²) in [5.41, 5.74) is 0.845. The summed E-state index contributed by atoms with van der Waals surface area (Å²) >= 11 is 1.49. The maximum Gasteiger partial charge on any atom is 0.186 e. The molecular formula is C11H16N2O2S. The predicted octanol–water partition coefficient (Wildman–Crippen LogP) is 1.88. The molecule has 0 unspecified atom stereocenters. The lowest BCUT2D eigenvalue weighted by molar-refractivity contribution is 0.102. The van der Waals surface area contributed by atoms with Crippen LogP contribution in [0.4, 0.5) is 5.13 Å². The minimum absolute atomic E-state index is 0.104. The maximum atomic E-state index is 11.4. The summed E-state index contributed by atoms with van der Waals surface area (Å²) in [5.74, 6) is 0.104. The number of rotatable bonds is 2. The quantitative estimate of drug-likeness (QED) is 0.740. The highest BCUT2D eigenvalue weighted by Gasteiger charge is 2.17.